The largest absolute Gasteiger partial charge is 0.340 e. The van der Waals surface area contributed by atoms with E-state index in [1.54, 1.807) is 0 Å². The lowest BCUT2D eigenvalue weighted by Crippen LogP contribution is -2.47. The Balaban J connectivity index is 1.78. The van der Waals surface area contributed by atoms with E-state index in [4.69, 9.17) is 0 Å². The van der Waals surface area contributed by atoms with E-state index in [-0.39, 0.29) is 17.7 Å². The molecule has 2 amide bonds. The lowest BCUT2D eigenvalue weighted by molar-refractivity contribution is -0.119. The predicted molar refractivity (Wildman–Crippen MR) is 111 cm³/mol. The fourth-order valence-corrected chi connectivity index (χ4v) is 3.24. The first-order valence-corrected chi connectivity index (χ1v) is 9.52. The highest BCUT2D eigenvalue weighted by Gasteiger charge is 2.27. The highest BCUT2D eigenvalue weighted by Crippen LogP contribution is 2.16. The number of hydrogen-bond acceptors (Lipinski definition) is 3. The minimum atomic E-state index is -0.661. The first kappa shape index (κ1) is 19.6. The Morgan fingerprint density at radius 2 is 1.79 bits per heavy atom. The molecular weight excluding hydrogens is 352 g/mol. The molecule has 0 fully saturated rings. The minimum Gasteiger partial charge on any atom is -0.340 e. The van der Waals surface area contributed by atoms with Crippen molar-refractivity contribution in [1.29, 1.82) is 0 Å². The van der Waals surface area contributed by atoms with Crippen molar-refractivity contribution in [2.75, 3.05) is 5.32 Å². The normalized spacial score (nSPS) is 13.1. The number of nitrogens with zero attached hydrogens (tertiary/aromatic N) is 1. The van der Waals surface area contributed by atoms with Gasteiger partial charge in [-0.05, 0) is 44.0 Å². The standard InChI is InChI=1S/C22H26N4O2/c1-5-15(4)19(25-20(27)16-11-13(2)10-14(3)12-16)21(28)26-22-23-17-8-6-7-9-18(17)24-22/h6-12,15,19H,5H2,1-4H3,(H,25,27)(H2,23,24,26,28)/t15-,19-/m0/s1. The highest BCUT2D eigenvalue weighted by atomic mass is 16.2. The van der Waals surface area contributed by atoms with Crippen LogP contribution in [0.15, 0.2) is 42.5 Å². The Labute approximate surface area is 164 Å². The van der Waals surface area contributed by atoms with Crippen LogP contribution in [-0.2, 0) is 4.79 Å². The summed E-state index contributed by atoms with van der Waals surface area (Å²) in [5.74, 6) is -0.192. The molecule has 0 aliphatic carbocycles. The number of fused-ring (bicyclic) bond motifs is 1. The molecule has 1 heterocycles. The number of rotatable bonds is 6. The first-order chi connectivity index (χ1) is 13.4. The van der Waals surface area contributed by atoms with Crippen LogP contribution < -0.4 is 10.6 Å². The van der Waals surface area contributed by atoms with Crippen LogP contribution in [0.3, 0.4) is 0 Å². The Morgan fingerprint density at radius 1 is 1.11 bits per heavy atom. The zero-order valence-corrected chi connectivity index (χ0v) is 16.7. The molecule has 0 aliphatic rings. The van der Waals surface area contributed by atoms with Crippen molar-refractivity contribution in [2.45, 2.75) is 40.2 Å². The smallest absolute Gasteiger partial charge is 0.251 e. The summed E-state index contributed by atoms with van der Waals surface area (Å²) in [5, 5.41) is 5.71. The second-order valence-corrected chi connectivity index (χ2v) is 7.30. The number of aromatic nitrogens is 2. The van der Waals surface area contributed by atoms with Crippen LogP contribution in [0, 0.1) is 19.8 Å². The quantitative estimate of drug-likeness (QED) is 0.607. The minimum absolute atomic E-state index is 0.0285. The third kappa shape index (κ3) is 4.39. The molecule has 2 aromatic carbocycles. The average Bonchev–Trinajstić information content (AvgIpc) is 3.06. The number of para-hydroxylation sites is 2. The van der Waals surface area contributed by atoms with Gasteiger partial charge < -0.3 is 10.3 Å². The van der Waals surface area contributed by atoms with Gasteiger partial charge in [-0.3, -0.25) is 14.9 Å². The van der Waals surface area contributed by atoms with Crippen LogP contribution in [0.2, 0.25) is 0 Å². The van der Waals surface area contributed by atoms with E-state index in [0.717, 1.165) is 28.6 Å². The Bertz CT molecular complexity index is 955. The molecule has 3 N–H and O–H groups in total. The van der Waals surface area contributed by atoms with E-state index in [1.807, 2.05) is 70.2 Å². The molecule has 3 aromatic rings. The van der Waals surface area contributed by atoms with Gasteiger partial charge in [-0.1, -0.05) is 49.6 Å². The molecule has 0 saturated carbocycles. The van der Waals surface area contributed by atoms with Gasteiger partial charge in [-0.25, -0.2) is 4.98 Å². The van der Waals surface area contributed by atoms with Gasteiger partial charge in [0.2, 0.25) is 11.9 Å². The van der Waals surface area contributed by atoms with Gasteiger partial charge in [0.15, 0.2) is 0 Å². The molecule has 6 heteroatoms. The summed E-state index contributed by atoms with van der Waals surface area (Å²) in [6, 6.07) is 12.6. The molecule has 0 saturated heterocycles. The summed E-state index contributed by atoms with van der Waals surface area (Å²) in [6.45, 7) is 7.84. The molecule has 2 atom stereocenters. The van der Waals surface area contributed by atoms with Crippen molar-refractivity contribution >= 4 is 28.8 Å². The molecule has 0 spiro atoms. The molecule has 1 aromatic heterocycles. The number of benzene rings is 2. The van der Waals surface area contributed by atoms with Crippen LogP contribution in [0.5, 0.6) is 0 Å². The van der Waals surface area contributed by atoms with E-state index in [9.17, 15) is 9.59 Å². The van der Waals surface area contributed by atoms with E-state index in [1.165, 1.54) is 0 Å². The SMILES string of the molecule is CC[C@H](C)[C@H](NC(=O)c1cc(C)cc(C)c1)C(=O)Nc1nc2ccccc2[nH]1. The fourth-order valence-electron chi connectivity index (χ4n) is 3.24. The maximum Gasteiger partial charge on any atom is 0.251 e. The number of imidazole rings is 1. The number of aromatic amines is 1. The molecule has 0 radical (unpaired) electrons. The van der Waals surface area contributed by atoms with Gasteiger partial charge in [-0.2, -0.15) is 0 Å². The van der Waals surface area contributed by atoms with Gasteiger partial charge in [-0.15, -0.1) is 0 Å². The van der Waals surface area contributed by atoms with Crippen LogP contribution in [0.25, 0.3) is 11.0 Å². The topological polar surface area (TPSA) is 86.9 Å². The van der Waals surface area contributed by atoms with Crippen molar-refractivity contribution in [1.82, 2.24) is 15.3 Å². The van der Waals surface area contributed by atoms with Crippen LogP contribution in [-0.4, -0.2) is 27.8 Å². The maximum atomic E-state index is 12.9. The molecule has 3 rings (SSSR count). The molecule has 6 nitrogen and oxygen atoms in total. The predicted octanol–water partition coefficient (Wildman–Crippen LogP) is 3.96. The summed E-state index contributed by atoms with van der Waals surface area (Å²) in [6.07, 6.45) is 0.755. The first-order valence-electron chi connectivity index (χ1n) is 9.52. The summed E-state index contributed by atoms with van der Waals surface area (Å²) >= 11 is 0. The van der Waals surface area contributed by atoms with Crippen molar-refractivity contribution < 1.29 is 9.59 Å². The van der Waals surface area contributed by atoms with Crippen molar-refractivity contribution in [2.24, 2.45) is 5.92 Å². The molecule has 0 bridgehead atoms. The number of carbonyl (C=O) groups excluding carboxylic acids is 2. The summed E-state index contributed by atoms with van der Waals surface area (Å²) in [7, 11) is 0. The van der Waals surface area contributed by atoms with E-state index in [2.05, 4.69) is 20.6 Å². The van der Waals surface area contributed by atoms with Gasteiger partial charge >= 0.3 is 0 Å². The van der Waals surface area contributed by atoms with Gasteiger partial charge in [0.05, 0.1) is 11.0 Å². The van der Waals surface area contributed by atoms with Crippen molar-refractivity contribution in [3.63, 3.8) is 0 Å². The van der Waals surface area contributed by atoms with Crippen LogP contribution >= 0.6 is 0 Å². The van der Waals surface area contributed by atoms with Crippen LogP contribution in [0.4, 0.5) is 5.95 Å². The number of anilines is 1. The molecule has 0 unspecified atom stereocenters. The number of aryl methyl sites for hydroxylation is 2. The number of H-pyrrole nitrogens is 1. The van der Waals surface area contributed by atoms with Gasteiger partial charge in [0, 0.05) is 5.56 Å². The third-order valence-electron chi connectivity index (χ3n) is 4.90. The molecular formula is C22H26N4O2. The van der Waals surface area contributed by atoms with Crippen molar-refractivity contribution in [3.05, 3.63) is 59.2 Å². The summed E-state index contributed by atoms with van der Waals surface area (Å²) < 4.78 is 0. The molecule has 146 valence electrons. The Kier molecular flexibility index (Phi) is 5.78. The van der Waals surface area contributed by atoms with Gasteiger partial charge in [0.25, 0.3) is 5.91 Å². The summed E-state index contributed by atoms with van der Waals surface area (Å²) in [4.78, 5) is 33.1. The maximum absolute atomic E-state index is 12.9. The number of nitrogens with one attached hydrogen (secondary N) is 3. The lowest BCUT2D eigenvalue weighted by atomic mass is 9.97. The average molecular weight is 378 g/mol. The highest BCUT2D eigenvalue weighted by molar-refractivity contribution is 6.01. The van der Waals surface area contributed by atoms with E-state index < -0.39 is 6.04 Å². The van der Waals surface area contributed by atoms with Crippen molar-refractivity contribution in [3.8, 4) is 0 Å². The summed E-state index contributed by atoms with van der Waals surface area (Å²) in [5.41, 5.74) is 4.20. The molecule has 0 aliphatic heterocycles. The lowest BCUT2D eigenvalue weighted by Gasteiger charge is -2.23. The number of hydrogen-bond donors (Lipinski definition) is 3. The zero-order valence-electron chi connectivity index (χ0n) is 16.7. The third-order valence-corrected chi connectivity index (χ3v) is 4.90. The van der Waals surface area contributed by atoms with E-state index >= 15 is 0 Å². The second-order valence-electron chi connectivity index (χ2n) is 7.30. The zero-order chi connectivity index (χ0) is 20.3. The van der Waals surface area contributed by atoms with Crippen LogP contribution in [0.1, 0.15) is 41.8 Å². The fraction of sp³-hybridized carbons (Fsp3) is 0.318. The van der Waals surface area contributed by atoms with E-state index in [0.29, 0.717) is 11.5 Å². The van der Waals surface area contributed by atoms with Gasteiger partial charge in [0.1, 0.15) is 6.04 Å². The second kappa shape index (κ2) is 8.25. The molecule has 28 heavy (non-hydrogen) atoms. The number of amides is 2. The monoisotopic (exact) mass is 378 g/mol. The Morgan fingerprint density at radius 3 is 2.43 bits per heavy atom. The Hall–Kier alpha value is -3.15. The number of carbonyl (C=O) groups is 2.